The molecule has 4 nitrogen and oxygen atoms in total. The van der Waals surface area contributed by atoms with E-state index in [2.05, 4.69) is 19.9 Å². The van der Waals surface area contributed by atoms with E-state index >= 15 is 0 Å². The third kappa shape index (κ3) is 1.89. The Morgan fingerprint density at radius 1 is 1.00 bits per heavy atom. The first-order valence-corrected chi connectivity index (χ1v) is 7.77. The Balaban J connectivity index is 1.95. The number of hydrogen-bond acceptors (Lipinski definition) is 5. The molecule has 1 aliphatic carbocycles. The van der Waals surface area contributed by atoms with Gasteiger partial charge in [-0.25, -0.2) is 19.9 Å². The van der Waals surface area contributed by atoms with Crippen molar-refractivity contribution in [3.05, 3.63) is 34.1 Å². The van der Waals surface area contributed by atoms with Crippen molar-refractivity contribution in [1.82, 2.24) is 19.9 Å². The molecule has 0 fully saturated rings. The quantitative estimate of drug-likeness (QED) is 0.643. The lowest BCUT2D eigenvalue weighted by Gasteiger charge is -2.10. The fourth-order valence-electron chi connectivity index (χ4n) is 2.63. The summed E-state index contributed by atoms with van der Waals surface area (Å²) in [6.07, 6.45) is 8.05. The highest BCUT2D eigenvalue weighted by Crippen LogP contribution is 2.38. The van der Waals surface area contributed by atoms with Crippen molar-refractivity contribution < 1.29 is 0 Å². The summed E-state index contributed by atoms with van der Waals surface area (Å²) in [6, 6.07) is 1.77. The van der Waals surface area contributed by atoms with Gasteiger partial charge in [0, 0.05) is 17.3 Å². The van der Waals surface area contributed by atoms with Crippen molar-refractivity contribution in [3.8, 4) is 11.6 Å². The Kier molecular flexibility index (Phi) is 2.89. The van der Waals surface area contributed by atoms with Gasteiger partial charge in [-0.15, -0.1) is 11.3 Å². The molecule has 0 N–H and O–H groups in total. The van der Waals surface area contributed by atoms with Gasteiger partial charge < -0.3 is 0 Å². The van der Waals surface area contributed by atoms with E-state index in [4.69, 9.17) is 11.6 Å². The van der Waals surface area contributed by atoms with Crippen LogP contribution in [0.1, 0.15) is 23.3 Å². The molecule has 0 saturated heterocycles. The summed E-state index contributed by atoms with van der Waals surface area (Å²) >= 11 is 8.12. The maximum absolute atomic E-state index is 6.39. The van der Waals surface area contributed by atoms with Crippen LogP contribution in [-0.4, -0.2) is 19.9 Å². The smallest absolute Gasteiger partial charge is 0.200 e. The van der Waals surface area contributed by atoms with Crippen LogP contribution in [0, 0.1) is 0 Å². The van der Waals surface area contributed by atoms with Gasteiger partial charge in [-0.1, -0.05) is 11.6 Å². The molecule has 1 aliphatic rings. The third-order valence-electron chi connectivity index (χ3n) is 3.54. The fraction of sp³-hybridized carbons (Fsp3) is 0.286. The Morgan fingerprint density at radius 3 is 2.65 bits per heavy atom. The minimum Gasteiger partial charge on any atom is -0.234 e. The van der Waals surface area contributed by atoms with Crippen LogP contribution in [0.15, 0.2) is 18.5 Å². The highest BCUT2D eigenvalue weighted by atomic mass is 35.5. The first-order chi connectivity index (χ1) is 9.83. The number of thiophene rings is 1. The Bertz CT molecular complexity index is 785. The van der Waals surface area contributed by atoms with E-state index in [1.807, 2.05) is 0 Å². The molecule has 4 rings (SSSR count). The number of halogens is 1. The largest absolute Gasteiger partial charge is 0.234 e. The normalized spacial score (nSPS) is 14.4. The predicted octanol–water partition coefficient (Wildman–Crippen LogP) is 3.68. The molecule has 0 unspecified atom stereocenters. The highest BCUT2D eigenvalue weighted by Gasteiger charge is 2.21. The first-order valence-electron chi connectivity index (χ1n) is 6.58. The summed E-state index contributed by atoms with van der Waals surface area (Å²) in [5.41, 5.74) is 1.35. The Morgan fingerprint density at radius 2 is 1.80 bits per heavy atom. The summed E-state index contributed by atoms with van der Waals surface area (Å²) in [6.45, 7) is 0. The van der Waals surface area contributed by atoms with Crippen LogP contribution in [0.5, 0.6) is 0 Å². The molecule has 0 bridgehead atoms. The molecule has 3 heterocycles. The second kappa shape index (κ2) is 4.75. The summed E-state index contributed by atoms with van der Waals surface area (Å²) in [7, 11) is 0. The Hall–Kier alpha value is -1.59. The lowest BCUT2D eigenvalue weighted by molar-refractivity contribution is 0.700. The summed E-state index contributed by atoms with van der Waals surface area (Å²) in [5, 5.41) is 1.56. The van der Waals surface area contributed by atoms with E-state index in [-0.39, 0.29) is 0 Å². The van der Waals surface area contributed by atoms with Gasteiger partial charge in [-0.2, -0.15) is 0 Å². The molecule has 0 spiro atoms. The predicted molar refractivity (Wildman–Crippen MR) is 80.1 cm³/mol. The first kappa shape index (κ1) is 12.2. The van der Waals surface area contributed by atoms with E-state index in [0.717, 1.165) is 23.1 Å². The molecule has 0 atom stereocenters. The molecule has 20 heavy (non-hydrogen) atoms. The zero-order chi connectivity index (χ0) is 13.5. The van der Waals surface area contributed by atoms with Crippen molar-refractivity contribution in [2.45, 2.75) is 25.7 Å². The minimum absolute atomic E-state index is 0.502. The maximum atomic E-state index is 6.39. The van der Waals surface area contributed by atoms with Crippen LogP contribution in [0.2, 0.25) is 5.15 Å². The number of aromatic nitrogens is 4. The van der Waals surface area contributed by atoms with E-state index in [0.29, 0.717) is 16.8 Å². The van der Waals surface area contributed by atoms with Crippen LogP contribution in [0.4, 0.5) is 0 Å². The molecule has 0 saturated carbocycles. The van der Waals surface area contributed by atoms with E-state index < -0.39 is 0 Å². The fourth-order valence-corrected chi connectivity index (χ4v) is 4.23. The molecular weight excluding hydrogens is 292 g/mol. The number of nitrogens with zero attached hydrogens (tertiary/aromatic N) is 4. The van der Waals surface area contributed by atoms with Crippen molar-refractivity contribution in [2.75, 3.05) is 0 Å². The summed E-state index contributed by atoms with van der Waals surface area (Å²) in [4.78, 5) is 19.7. The second-order valence-electron chi connectivity index (χ2n) is 4.80. The van der Waals surface area contributed by atoms with Crippen LogP contribution in [0.25, 0.3) is 21.9 Å². The van der Waals surface area contributed by atoms with Crippen LogP contribution in [-0.2, 0) is 12.8 Å². The average molecular weight is 303 g/mol. The molecule has 0 radical (unpaired) electrons. The average Bonchev–Trinajstić information content (AvgIpc) is 2.87. The standard InChI is InChI=1S/C14H11ClN4S/c15-11-10-8-4-1-2-5-9(8)20-14(10)19-13(18-11)12-16-6-3-7-17-12/h3,6-7H,1-2,4-5H2. The van der Waals surface area contributed by atoms with Gasteiger partial charge in [-0.3, -0.25) is 0 Å². The number of aryl methyl sites for hydroxylation is 2. The van der Waals surface area contributed by atoms with E-state index in [9.17, 15) is 0 Å². The number of fused-ring (bicyclic) bond motifs is 3. The zero-order valence-corrected chi connectivity index (χ0v) is 12.2. The van der Waals surface area contributed by atoms with Gasteiger partial charge in [0.1, 0.15) is 9.98 Å². The highest BCUT2D eigenvalue weighted by molar-refractivity contribution is 7.19. The molecule has 6 heteroatoms. The van der Waals surface area contributed by atoms with Gasteiger partial charge in [0.15, 0.2) is 5.82 Å². The summed E-state index contributed by atoms with van der Waals surface area (Å²) in [5.74, 6) is 1.02. The van der Waals surface area contributed by atoms with Gasteiger partial charge >= 0.3 is 0 Å². The lowest BCUT2D eigenvalue weighted by atomic mass is 9.97. The van der Waals surface area contributed by atoms with Gasteiger partial charge in [-0.05, 0) is 37.3 Å². The second-order valence-corrected chi connectivity index (χ2v) is 6.24. The molecule has 0 amide bonds. The van der Waals surface area contributed by atoms with Crippen LogP contribution in [0.3, 0.4) is 0 Å². The Labute approximate surface area is 124 Å². The molecule has 0 aromatic carbocycles. The van der Waals surface area contributed by atoms with Crippen molar-refractivity contribution in [1.29, 1.82) is 0 Å². The lowest BCUT2D eigenvalue weighted by Crippen LogP contribution is -1.99. The number of rotatable bonds is 1. The van der Waals surface area contributed by atoms with Gasteiger partial charge in [0.2, 0.25) is 5.82 Å². The van der Waals surface area contributed by atoms with Gasteiger partial charge in [0.25, 0.3) is 0 Å². The number of hydrogen-bond donors (Lipinski definition) is 0. The van der Waals surface area contributed by atoms with Gasteiger partial charge in [0.05, 0.1) is 5.39 Å². The van der Waals surface area contributed by atoms with Crippen molar-refractivity contribution in [3.63, 3.8) is 0 Å². The topological polar surface area (TPSA) is 51.6 Å². The third-order valence-corrected chi connectivity index (χ3v) is 5.00. The zero-order valence-electron chi connectivity index (χ0n) is 10.6. The monoisotopic (exact) mass is 302 g/mol. The SMILES string of the molecule is Clc1nc(-c2ncccn2)nc2sc3c(c12)CCCC3. The van der Waals surface area contributed by atoms with E-state index in [1.165, 1.54) is 23.3 Å². The van der Waals surface area contributed by atoms with Crippen LogP contribution >= 0.6 is 22.9 Å². The molecule has 3 aromatic heterocycles. The molecular formula is C14H11ClN4S. The minimum atomic E-state index is 0.502. The molecule has 100 valence electrons. The van der Waals surface area contributed by atoms with Crippen molar-refractivity contribution >= 4 is 33.2 Å². The van der Waals surface area contributed by atoms with Crippen molar-refractivity contribution in [2.24, 2.45) is 0 Å². The van der Waals surface area contributed by atoms with Crippen LogP contribution < -0.4 is 0 Å². The molecule has 3 aromatic rings. The molecule has 0 aliphatic heterocycles. The summed E-state index contributed by atoms with van der Waals surface area (Å²) < 4.78 is 0. The van der Waals surface area contributed by atoms with E-state index in [1.54, 1.807) is 29.8 Å². The maximum Gasteiger partial charge on any atom is 0.200 e.